The van der Waals surface area contributed by atoms with Gasteiger partial charge in [-0.1, -0.05) is 35.9 Å². The van der Waals surface area contributed by atoms with Gasteiger partial charge in [-0.25, -0.2) is 8.42 Å². The Morgan fingerprint density at radius 2 is 1.65 bits per heavy atom. The second-order valence-electron chi connectivity index (χ2n) is 7.78. The maximum Gasteiger partial charge on any atom is 0.417 e. The molecule has 1 N–H and O–H groups in total. The third-order valence-electron chi connectivity index (χ3n) is 5.35. The van der Waals surface area contributed by atoms with Crippen molar-refractivity contribution in [2.75, 3.05) is 31.6 Å². The molecule has 0 fully saturated rings. The number of carbonyl (C=O) groups excluding carboxylic acids is 1. The zero-order valence-corrected chi connectivity index (χ0v) is 21.5. The number of anilines is 1. The van der Waals surface area contributed by atoms with Gasteiger partial charge < -0.3 is 14.8 Å². The number of amides is 1. The van der Waals surface area contributed by atoms with Crippen molar-refractivity contribution in [3.8, 4) is 11.5 Å². The van der Waals surface area contributed by atoms with Crippen molar-refractivity contribution in [3.63, 3.8) is 0 Å². The topological polar surface area (TPSA) is 84.9 Å². The van der Waals surface area contributed by atoms with E-state index in [2.05, 4.69) is 5.32 Å². The summed E-state index contributed by atoms with van der Waals surface area (Å²) in [6, 6.07) is 15.0. The van der Waals surface area contributed by atoms with E-state index in [9.17, 15) is 26.4 Å². The molecular weight excluding hydrogens is 533 g/mol. The van der Waals surface area contributed by atoms with Crippen LogP contribution >= 0.6 is 11.6 Å². The summed E-state index contributed by atoms with van der Waals surface area (Å²) in [5.74, 6) is 0.344. The summed E-state index contributed by atoms with van der Waals surface area (Å²) in [5.41, 5.74) is -0.747. The summed E-state index contributed by atoms with van der Waals surface area (Å²) in [6.07, 6.45) is -4.44. The first kappa shape index (κ1) is 28.1. The van der Waals surface area contributed by atoms with Crippen molar-refractivity contribution in [2.24, 2.45) is 0 Å². The highest BCUT2D eigenvalue weighted by atomic mass is 35.5. The van der Waals surface area contributed by atoms with Crippen molar-refractivity contribution >= 4 is 33.2 Å². The summed E-state index contributed by atoms with van der Waals surface area (Å²) in [7, 11) is -1.39. The lowest BCUT2D eigenvalue weighted by Gasteiger charge is -2.25. The number of hydrogen-bond acceptors (Lipinski definition) is 5. The Bertz CT molecular complexity index is 1350. The Morgan fingerprint density at radius 1 is 0.973 bits per heavy atom. The molecule has 0 aromatic heterocycles. The quantitative estimate of drug-likeness (QED) is 0.383. The molecule has 0 aliphatic carbocycles. The number of rotatable bonds is 10. The third kappa shape index (κ3) is 6.86. The molecule has 37 heavy (non-hydrogen) atoms. The molecule has 0 atom stereocenters. The van der Waals surface area contributed by atoms with Crippen molar-refractivity contribution in [2.45, 2.75) is 17.5 Å². The minimum Gasteiger partial charge on any atom is -0.493 e. The highest BCUT2D eigenvalue weighted by Crippen LogP contribution is 2.38. The van der Waals surface area contributed by atoms with E-state index in [4.69, 9.17) is 21.1 Å². The zero-order valence-electron chi connectivity index (χ0n) is 19.9. The SMILES string of the molecule is COc1ccc(CCNC(=O)CN(c2ccc(Cl)c(C(F)(F)F)c2)S(=O)(=O)c2ccccc2)cc1OC. The average molecular weight is 557 g/mol. The molecular formula is C25H24ClF3N2O5S. The Hall–Kier alpha value is -3.44. The molecule has 0 heterocycles. The van der Waals surface area contributed by atoms with Crippen LogP contribution < -0.4 is 19.1 Å². The fraction of sp³-hybridized carbons (Fsp3) is 0.240. The van der Waals surface area contributed by atoms with Crippen LogP contribution in [0.2, 0.25) is 5.02 Å². The Balaban J connectivity index is 1.84. The van der Waals surface area contributed by atoms with Gasteiger partial charge in [-0.3, -0.25) is 9.10 Å². The van der Waals surface area contributed by atoms with Gasteiger partial charge in [-0.05, 0) is 54.4 Å². The number of ether oxygens (including phenoxy) is 2. The van der Waals surface area contributed by atoms with Gasteiger partial charge >= 0.3 is 6.18 Å². The van der Waals surface area contributed by atoms with Crippen LogP contribution in [0.25, 0.3) is 0 Å². The monoisotopic (exact) mass is 556 g/mol. The van der Waals surface area contributed by atoms with E-state index in [1.54, 1.807) is 24.3 Å². The zero-order chi connectivity index (χ0) is 27.2. The molecule has 3 aromatic carbocycles. The van der Waals surface area contributed by atoms with Gasteiger partial charge in [0, 0.05) is 6.54 Å². The van der Waals surface area contributed by atoms with Gasteiger partial charge in [0.15, 0.2) is 11.5 Å². The number of nitrogens with one attached hydrogen (secondary N) is 1. The number of methoxy groups -OCH3 is 2. The normalized spacial score (nSPS) is 11.6. The van der Waals surface area contributed by atoms with Gasteiger partial charge in [-0.2, -0.15) is 13.2 Å². The maximum absolute atomic E-state index is 13.5. The first-order valence-electron chi connectivity index (χ1n) is 10.9. The fourth-order valence-corrected chi connectivity index (χ4v) is 5.15. The highest BCUT2D eigenvalue weighted by Gasteiger charge is 2.35. The lowest BCUT2D eigenvalue weighted by molar-refractivity contribution is -0.137. The first-order chi connectivity index (χ1) is 17.5. The number of sulfonamides is 1. The molecule has 7 nitrogen and oxygen atoms in total. The van der Waals surface area contributed by atoms with Crippen LogP contribution in [-0.4, -0.2) is 41.6 Å². The predicted octanol–water partition coefficient (Wildman–Crippen LogP) is 4.93. The minimum absolute atomic E-state index is 0.141. The molecule has 0 saturated carbocycles. The van der Waals surface area contributed by atoms with Crippen LogP contribution in [0.15, 0.2) is 71.6 Å². The van der Waals surface area contributed by atoms with Gasteiger partial charge in [0.25, 0.3) is 10.0 Å². The second kappa shape index (κ2) is 11.7. The van der Waals surface area contributed by atoms with Crippen molar-refractivity contribution in [1.82, 2.24) is 5.32 Å². The largest absolute Gasteiger partial charge is 0.493 e. The van der Waals surface area contributed by atoms with E-state index in [-0.39, 0.29) is 17.1 Å². The average Bonchev–Trinajstić information content (AvgIpc) is 2.87. The smallest absolute Gasteiger partial charge is 0.417 e. The molecule has 3 rings (SSSR count). The lowest BCUT2D eigenvalue weighted by Crippen LogP contribution is -2.41. The summed E-state index contributed by atoms with van der Waals surface area (Å²) in [6.45, 7) is -0.607. The van der Waals surface area contributed by atoms with Gasteiger partial charge in [0.1, 0.15) is 6.54 Å². The van der Waals surface area contributed by atoms with E-state index >= 15 is 0 Å². The minimum atomic E-state index is -4.82. The second-order valence-corrected chi connectivity index (χ2v) is 10.0. The van der Waals surface area contributed by atoms with Crippen molar-refractivity contribution in [1.29, 1.82) is 0 Å². The van der Waals surface area contributed by atoms with Crippen LogP contribution in [0.4, 0.5) is 18.9 Å². The molecule has 0 bridgehead atoms. The molecule has 198 valence electrons. The summed E-state index contributed by atoms with van der Waals surface area (Å²) in [4.78, 5) is 12.6. The van der Waals surface area contributed by atoms with E-state index in [0.717, 1.165) is 17.7 Å². The van der Waals surface area contributed by atoms with E-state index in [1.807, 2.05) is 0 Å². The molecule has 0 aliphatic rings. The van der Waals surface area contributed by atoms with E-state index in [1.165, 1.54) is 38.5 Å². The molecule has 0 radical (unpaired) electrons. The number of nitrogens with zero attached hydrogens (tertiary/aromatic N) is 1. The molecule has 12 heteroatoms. The summed E-state index contributed by atoms with van der Waals surface area (Å²) < 4.78 is 78.1. The Morgan fingerprint density at radius 3 is 2.27 bits per heavy atom. The number of carbonyl (C=O) groups is 1. The van der Waals surface area contributed by atoms with Gasteiger partial charge in [0.2, 0.25) is 5.91 Å². The number of hydrogen-bond donors (Lipinski definition) is 1. The summed E-state index contributed by atoms with van der Waals surface area (Å²) >= 11 is 5.71. The molecule has 3 aromatic rings. The molecule has 0 spiro atoms. The van der Waals surface area contributed by atoms with Gasteiger partial charge in [0.05, 0.1) is 35.4 Å². The standard InChI is InChI=1S/C25H24ClF3N2O5S/c1-35-22-11-8-17(14-23(22)36-2)12-13-30-24(32)16-31(37(33,34)19-6-4-3-5-7-19)18-9-10-21(26)20(15-18)25(27,28)29/h3-11,14-15H,12-13,16H2,1-2H3,(H,30,32). The molecule has 0 saturated heterocycles. The number of alkyl halides is 3. The van der Waals surface area contributed by atoms with Crippen LogP contribution in [0, 0.1) is 0 Å². The van der Waals surface area contributed by atoms with E-state index in [0.29, 0.717) is 28.3 Å². The molecule has 1 amide bonds. The van der Waals surface area contributed by atoms with Crippen molar-refractivity contribution in [3.05, 3.63) is 82.9 Å². The fourth-order valence-electron chi connectivity index (χ4n) is 3.49. The lowest BCUT2D eigenvalue weighted by atomic mass is 10.1. The Labute approximate surface area is 217 Å². The van der Waals surface area contributed by atoms with Crippen LogP contribution in [-0.2, 0) is 27.4 Å². The third-order valence-corrected chi connectivity index (χ3v) is 7.46. The summed E-state index contributed by atoms with van der Waals surface area (Å²) in [5, 5.41) is 2.02. The van der Waals surface area contributed by atoms with Crippen LogP contribution in [0.1, 0.15) is 11.1 Å². The van der Waals surface area contributed by atoms with Crippen LogP contribution in [0.5, 0.6) is 11.5 Å². The molecule has 0 unspecified atom stereocenters. The Kier molecular flexibility index (Phi) is 8.93. The number of benzene rings is 3. The molecule has 0 aliphatic heterocycles. The van der Waals surface area contributed by atoms with Gasteiger partial charge in [-0.15, -0.1) is 0 Å². The van der Waals surface area contributed by atoms with Crippen LogP contribution in [0.3, 0.4) is 0 Å². The predicted molar refractivity (Wildman–Crippen MR) is 134 cm³/mol. The van der Waals surface area contributed by atoms with E-state index < -0.39 is 39.2 Å². The van der Waals surface area contributed by atoms with Crippen molar-refractivity contribution < 1.29 is 35.9 Å². The first-order valence-corrected chi connectivity index (χ1v) is 12.7. The highest BCUT2D eigenvalue weighted by molar-refractivity contribution is 7.92. The maximum atomic E-state index is 13.5. The number of halogens is 4.